The number of nitrogens with zero attached hydrogens (tertiary/aromatic N) is 3. The number of hydrogen-bond acceptors (Lipinski definition) is 4. The summed E-state index contributed by atoms with van der Waals surface area (Å²) in [6.45, 7) is 4.18. The normalized spacial score (nSPS) is 14.7. The number of nitrogens with one attached hydrogen (secondary N) is 1. The molecule has 0 atom stereocenters. The van der Waals surface area contributed by atoms with Crippen LogP contribution in [0.5, 0.6) is 5.75 Å². The van der Waals surface area contributed by atoms with Crippen LogP contribution in [0.4, 0.5) is 5.69 Å². The molecule has 2 aromatic rings. The summed E-state index contributed by atoms with van der Waals surface area (Å²) in [5.41, 5.74) is 7.99. The van der Waals surface area contributed by atoms with Crippen LogP contribution < -0.4 is 20.7 Å². The highest BCUT2D eigenvalue weighted by Crippen LogP contribution is 2.28. The maximum atomic E-state index is 11.2. The largest absolute Gasteiger partial charge is 0.495 e. The van der Waals surface area contributed by atoms with Crippen LogP contribution in [0.15, 0.2) is 53.5 Å². The zero-order valence-corrected chi connectivity index (χ0v) is 16.4. The fraction of sp³-hybridized carbons (Fsp3) is 0.333. The Kier molecular flexibility index (Phi) is 6.37. The van der Waals surface area contributed by atoms with E-state index in [1.54, 1.807) is 26.3 Å². The molecule has 0 spiro atoms. The van der Waals surface area contributed by atoms with Gasteiger partial charge in [0.2, 0.25) is 5.91 Å². The lowest BCUT2D eigenvalue weighted by molar-refractivity contribution is 0.100. The molecule has 1 amide bonds. The number of carbonyl (C=O) groups excluding carboxylic acids is 1. The van der Waals surface area contributed by atoms with Gasteiger partial charge < -0.3 is 25.6 Å². The number of benzene rings is 2. The maximum absolute atomic E-state index is 11.2. The average Bonchev–Trinajstić information content (AvgIpc) is 2.75. The summed E-state index contributed by atoms with van der Waals surface area (Å²) in [6.07, 6.45) is 0. The summed E-state index contributed by atoms with van der Waals surface area (Å²) in [6, 6.07) is 15.4. The Labute approximate surface area is 165 Å². The first-order valence-corrected chi connectivity index (χ1v) is 9.34. The van der Waals surface area contributed by atoms with Crippen LogP contribution in [0.3, 0.4) is 0 Å². The number of carbonyl (C=O) groups is 1. The lowest BCUT2D eigenvalue weighted by Crippen LogP contribution is -2.52. The molecule has 1 saturated heterocycles. The number of para-hydroxylation sites is 2. The Bertz CT molecular complexity index is 827. The quantitative estimate of drug-likeness (QED) is 0.608. The number of anilines is 1. The number of rotatable bonds is 5. The van der Waals surface area contributed by atoms with Crippen LogP contribution in [0.2, 0.25) is 0 Å². The predicted molar refractivity (Wildman–Crippen MR) is 112 cm³/mol. The second-order valence-corrected chi connectivity index (χ2v) is 6.61. The SMILES string of the molecule is CN=C(NCc1ccc(C(N)=O)cc1)N1CCN(c2ccccc2OC)CC1. The molecule has 7 nitrogen and oxygen atoms in total. The van der Waals surface area contributed by atoms with Crippen molar-refractivity contribution < 1.29 is 9.53 Å². The number of guanidine groups is 1. The molecule has 3 rings (SSSR count). The van der Waals surface area contributed by atoms with Crippen molar-refractivity contribution in [3.63, 3.8) is 0 Å². The Morgan fingerprint density at radius 2 is 1.79 bits per heavy atom. The molecule has 28 heavy (non-hydrogen) atoms. The molecule has 0 radical (unpaired) electrons. The summed E-state index contributed by atoms with van der Waals surface area (Å²) in [5.74, 6) is 1.36. The van der Waals surface area contributed by atoms with Gasteiger partial charge in [0.15, 0.2) is 5.96 Å². The van der Waals surface area contributed by atoms with Gasteiger partial charge in [-0.2, -0.15) is 0 Å². The number of primary amides is 1. The number of piperazine rings is 1. The zero-order valence-electron chi connectivity index (χ0n) is 16.4. The van der Waals surface area contributed by atoms with Crippen molar-refractivity contribution in [3.05, 3.63) is 59.7 Å². The van der Waals surface area contributed by atoms with Crippen molar-refractivity contribution in [2.45, 2.75) is 6.54 Å². The highest BCUT2D eigenvalue weighted by molar-refractivity contribution is 5.92. The first-order chi connectivity index (χ1) is 13.6. The van der Waals surface area contributed by atoms with Gasteiger partial charge in [0.1, 0.15) is 5.75 Å². The number of hydrogen-bond donors (Lipinski definition) is 2. The van der Waals surface area contributed by atoms with Crippen molar-refractivity contribution in [1.29, 1.82) is 0 Å². The monoisotopic (exact) mass is 381 g/mol. The maximum Gasteiger partial charge on any atom is 0.248 e. The van der Waals surface area contributed by atoms with E-state index in [-0.39, 0.29) is 0 Å². The molecule has 0 aliphatic carbocycles. The standard InChI is InChI=1S/C21H27N5O2/c1-23-21(24-15-16-7-9-17(10-8-16)20(22)27)26-13-11-25(12-14-26)18-5-3-4-6-19(18)28-2/h3-10H,11-15H2,1-2H3,(H2,22,27)(H,23,24). The minimum Gasteiger partial charge on any atom is -0.495 e. The van der Waals surface area contributed by atoms with E-state index in [9.17, 15) is 4.79 Å². The molecule has 0 bridgehead atoms. The van der Waals surface area contributed by atoms with Gasteiger partial charge in [0.25, 0.3) is 0 Å². The van der Waals surface area contributed by atoms with Crippen molar-refractivity contribution >= 4 is 17.6 Å². The van der Waals surface area contributed by atoms with Gasteiger partial charge in [-0.1, -0.05) is 24.3 Å². The molecule has 1 aliphatic heterocycles. The van der Waals surface area contributed by atoms with Crippen molar-refractivity contribution in [3.8, 4) is 5.75 Å². The van der Waals surface area contributed by atoms with Crippen LogP contribution in [0.1, 0.15) is 15.9 Å². The van der Waals surface area contributed by atoms with E-state index < -0.39 is 5.91 Å². The fourth-order valence-corrected chi connectivity index (χ4v) is 3.35. The lowest BCUT2D eigenvalue weighted by atomic mass is 10.1. The topological polar surface area (TPSA) is 83.2 Å². The highest BCUT2D eigenvalue weighted by Gasteiger charge is 2.21. The summed E-state index contributed by atoms with van der Waals surface area (Å²) in [4.78, 5) is 20.2. The summed E-state index contributed by atoms with van der Waals surface area (Å²) in [7, 11) is 3.50. The third-order valence-corrected chi connectivity index (χ3v) is 4.91. The van der Waals surface area contributed by atoms with Gasteiger partial charge in [-0.15, -0.1) is 0 Å². The van der Waals surface area contributed by atoms with Gasteiger partial charge >= 0.3 is 0 Å². The zero-order chi connectivity index (χ0) is 19.9. The van der Waals surface area contributed by atoms with Crippen molar-refractivity contribution in [1.82, 2.24) is 10.2 Å². The molecule has 2 aromatic carbocycles. The number of nitrogens with two attached hydrogens (primary N) is 1. The number of ether oxygens (including phenoxy) is 1. The molecule has 1 heterocycles. The molecule has 1 aliphatic rings. The fourth-order valence-electron chi connectivity index (χ4n) is 3.35. The van der Waals surface area contributed by atoms with Gasteiger partial charge in [0.05, 0.1) is 12.8 Å². The van der Waals surface area contributed by atoms with Crippen LogP contribution >= 0.6 is 0 Å². The van der Waals surface area contributed by atoms with Crippen molar-refractivity contribution in [2.75, 3.05) is 45.2 Å². The van der Waals surface area contributed by atoms with E-state index in [0.29, 0.717) is 12.1 Å². The predicted octanol–water partition coefficient (Wildman–Crippen LogP) is 1.69. The molecule has 0 aromatic heterocycles. The Balaban J connectivity index is 1.55. The molecule has 1 fully saturated rings. The smallest absolute Gasteiger partial charge is 0.248 e. The third kappa shape index (κ3) is 4.54. The number of amides is 1. The molecular weight excluding hydrogens is 354 g/mol. The molecule has 0 unspecified atom stereocenters. The van der Waals surface area contributed by atoms with E-state index in [4.69, 9.17) is 10.5 Å². The summed E-state index contributed by atoms with van der Waals surface area (Å²) < 4.78 is 5.48. The van der Waals surface area contributed by atoms with Crippen LogP contribution in [-0.4, -0.2) is 57.1 Å². The Hall–Kier alpha value is -3.22. The van der Waals surface area contributed by atoms with Crippen LogP contribution in [0, 0.1) is 0 Å². The second-order valence-electron chi connectivity index (χ2n) is 6.61. The van der Waals surface area contributed by atoms with Gasteiger partial charge in [0, 0.05) is 45.3 Å². The first kappa shape index (κ1) is 19.5. The van der Waals surface area contributed by atoms with E-state index in [1.807, 2.05) is 30.3 Å². The summed E-state index contributed by atoms with van der Waals surface area (Å²) >= 11 is 0. The first-order valence-electron chi connectivity index (χ1n) is 9.34. The minimum atomic E-state index is -0.414. The van der Waals surface area contributed by atoms with Gasteiger partial charge in [-0.05, 0) is 29.8 Å². The molecule has 148 valence electrons. The minimum absolute atomic E-state index is 0.414. The van der Waals surface area contributed by atoms with Crippen LogP contribution in [0.25, 0.3) is 0 Å². The van der Waals surface area contributed by atoms with Gasteiger partial charge in [-0.25, -0.2) is 0 Å². The average molecular weight is 381 g/mol. The number of methoxy groups -OCH3 is 1. The van der Waals surface area contributed by atoms with E-state index in [2.05, 4.69) is 26.2 Å². The third-order valence-electron chi connectivity index (χ3n) is 4.91. The van der Waals surface area contributed by atoms with Crippen molar-refractivity contribution in [2.24, 2.45) is 10.7 Å². The second kappa shape index (κ2) is 9.12. The van der Waals surface area contributed by atoms with E-state index in [0.717, 1.165) is 49.1 Å². The highest BCUT2D eigenvalue weighted by atomic mass is 16.5. The molecular formula is C21H27N5O2. The number of aliphatic imine (C=N–C) groups is 1. The summed E-state index contributed by atoms with van der Waals surface area (Å²) in [5, 5.41) is 3.40. The Morgan fingerprint density at radius 3 is 2.39 bits per heavy atom. The molecule has 7 heteroatoms. The lowest BCUT2D eigenvalue weighted by Gasteiger charge is -2.38. The Morgan fingerprint density at radius 1 is 1.11 bits per heavy atom. The molecule has 3 N–H and O–H groups in total. The molecule has 0 saturated carbocycles. The van der Waals surface area contributed by atoms with Crippen LogP contribution in [-0.2, 0) is 6.54 Å². The van der Waals surface area contributed by atoms with E-state index in [1.165, 1.54) is 0 Å². The van der Waals surface area contributed by atoms with E-state index >= 15 is 0 Å². The van der Waals surface area contributed by atoms with Gasteiger partial charge in [-0.3, -0.25) is 9.79 Å².